The average Bonchev–Trinajstić information content (AvgIpc) is 2.77. The molecule has 0 bridgehead atoms. The van der Waals surface area contributed by atoms with Gasteiger partial charge in [-0.15, -0.1) is 10.2 Å². The van der Waals surface area contributed by atoms with Gasteiger partial charge in [0.15, 0.2) is 11.0 Å². The van der Waals surface area contributed by atoms with Crippen LogP contribution in [-0.4, -0.2) is 51.1 Å². The number of fused-ring (bicyclic) bond motifs is 1. The van der Waals surface area contributed by atoms with Crippen molar-refractivity contribution in [2.24, 2.45) is 7.05 Å². The zero-order valence-electron chi connectivity index (χ0n) is 11.1. The van der Waals surface area contributed by atoms with Crippen LogP contribution >= 0.6 is 11.6 Å². The molecule has 2 aromatic rings. The lowest BCUT2D eigenvalue weighted by Gasteiger charge is -2.30. The highest BCUT2D eigenvalue weighted by molar-refractivity contribution is 6.34. The minimum Gasteiger partial charge on any atom is -0.363 e. The van der Waals surface area contributed by atoms with E-state index < -0.39 is 0 Å². The van der Waals surface area contributed by atoms with Crippen LogP contribution in [0.4, 0.5) is 5.82 Å². The Bertz CT molecular complexity index is 595. The molecule has 3 rings (SSSR count). The predicted octanol–water partition coefficient (Wildman–Crippen LogP) is 1.52. The average molecular weight is 281 g/mol. The van der Waals surface area contributed by atoms with Crippen LogP contribution in [-0.2, 0) is 7.05 Å². The van der Waals surface area contributed by atoms with Crippen molar-refractivity contribution >= 4 is 28.3 Å². The van der Waals surface area contributed by atoms with E-state index in [9.17, 15) is 0 Å². The summed E-state index contributed by atoms with van der Waals surface area (Å²) in [5, 5.41) is 17.1. The fraction of sp³-hybridized carbons (Fsp3) is 0.583. The number of halogens is 1. The summed E-state index contributed by atoms with van der Waals surface area (Å²) in [5.41, 5.74) is 0.910. The molecule has 1 aliphatic rings. The molecule has 1 fully saturated rings. The van der Waals surface area contributed by atoms with Gasteiger partial charge in [-0.3, -0.25) is 4.68 Å². The van der Waals surface area contributed by atoms with Crippen molar-refractivity contribution in [3.05, 3.63) is 11.3 Å². The molecule has 0 radical (unpaired) electrons. The summed E-state index contributed by atoms with van der Waals surface area (Å²) in [5.74, 6) is 0.764. The summed E-state index contributed by atoms with van der Waals surface area (Å²) in [4.78, 5) is 2.32. The molecular weight excluding hydrogens is 264 g/mol. The normalized spacial score (nSPS) is 20.9. The van der Waals surface area contributed by atoms with Crippen molar-refractivity contribution < 1.29 is 0 Å². The van der Waals surface area contributed by atoms with Crippen molar-refractivity contribution in [2.45, 2.75) is 18.9 Å². The lowest BCUT2D eigenvalue weighted by Crippen LogP contribution is -2.40. The number of likely N-dealkylation sites (tertiary alicyclic amines) is 1. The minimum atomic E-state index is 0.396. The molecule has 1 aliphatic heterocycles. The molecule has 3 heterocycles. The van der Waals surface area contributed by atoms with E-state index in [1.54, 1.807) is 10.9 Å². The molecule has 0 amide bonds. The summed E-state index contributed by atoms with van der Waals surface area (Å²) in [6.45, 7) is 2.18. The van der Waals surface area contributed by atoms with E-state index in [1.165, 1.54) is 6.42 Å². The quantitative estimate of drug-likeness (QED) is 0.904. The zero-order chi connectivity index (χ0) is 13.4. The third-order valence-electron chi connectivity index (χ3n) is 3.59. The van der Waals surface area contributed by atoms with E-state index in [2.05, 4.69) is 32.6 Å². The molecule has 0 aliphatic carbocycles. The van der Waals surface area contributed by atoms with Crippen LogP contribution in [0.3, 0.4) is 0 Å². The highest BCUT2D eigenvalue weighted by Gasteiger charge is 2.20. The summed E-state index contributed by atoms with van der Waals surface area (Å²) in [6, 6.07) is 0.396. The van der Waals surface area contributed by atoms with Gasteiger partial charge in [0.1, 0.15) is 5.52 Å². The Morgan fingerprint density at radius 2 is 2.21 bits per heavy atom. The first-order valence-electron chi connectivity index (χ1n) is 6.44. The van der Waals surface area contributed by atoms with Crippen LogP contribution < -0.4 is 5.32 Å². The molecule has 0 unspecified atom stereocenters. The number of hydrogen-bond acceptors (Lipinski definition) is 5. The van der Waals surface area contributed by atoms with E-state index in [-0.39, 0.29) is 0 Å². The van der Waals surface area contributed by atoms with Crippen LogP contribution in [0.15, 0.2) is 6.20 Å². The van der Waals surface area contributed by atoms with Gasteiger partial charge in [0, 0.05) is 19.6 Å². The number of likely N-dealkylation sites (N-methyl/N-ethyl adjacent to an activating group) is 1. The van der Waals surface area contributed by atoms with Crippen LogP contribution in [0.2, 0.25) is 5.15 Å². The van der Waals surface area contributed by atoms with E-state index >= 15 is 0 Å². The first-order chi connectivity index (χ1) is 9.15. The molecule has 7 heteroatoms. The Morgan fingerprint density at radius 1 is 1.37 bits per heavy atom. The maximum absolute atomic E-state index is 6.05. The minimum absolute atomic E-state index is 0.396. The van der Waals surface area contributed by atoms with Gasteiger partial charge in [-0.25, -0.2) is 0 Å². The summed E-state index contributed by atoms with van der Waals surface area (Å²) < 4.78 is 1.78. The van der Waals surface area contributed by atoms with Crippen molar-refractivity contribution in [3.8, 4) is 0 Å². The van der Waals surface area contributed by atoms with E-state index in [1.807, 2.05) is 7.05 Å². The molecule has 0 saturated carbocycles. The van der Waals surface area contributed by atoms with Gasteiger partial charge in [0.05, 0.1) is 11.6 Å². The topological polar surface area (TPSA) is 58.9 Å². The second-order valence-corrected chi connectivity index (χ2v) is 5.47. The number of hydrogen-bond donors (Lipinski definition) is 1. The third kappa shape index (κ3) is 2.37. The van der Waals surface area contributed by atoms with Crippen LogP contribution in [0.5, 0.6) is 0 Å². The zero-order valence-corrected chi connectivity index (χ0v) is 11.9. The monoisotopic (exact) mass is 280 g/mol. The third-order valence-corrected chi connectivity index (χ3v) is 3.87. The lowest BCUT2D eigenvalue weighted by molar-refractivity contribution is 0.261. The summed E-state index contributed by atoms with van der Waals surface area (Å²) >= 11 is 6.05. The van der Waals surface area contributed by atoms with Gasteiger partial charge in [-0.05, 0) is 26.4 Å². The van der Waals surface area contributed by atoms with Crippen molar-refractivity contribution in [1.82, 2.24) is 24.9 Å². The van der Waals surface area contributed by atoms with Crippen molar-refractivity contribution in [1.29, 1.82) is 0 Å². The molecule has 2 aromatic heterocycles. The van der Waals surface area contributed by atoms with Crippen LogP contribution in [0.1, 0.15) is 12.8 Å². The second-order valence-electron chi connectivity index (χ2n) is 5.12. The molecule has 0 aromatic carbocycles. The fourth-order valence-electron chi connectivity index (χ4n) is 2.64. The number of rotatable bonds is 2. The lowest BCUT2D eigenvalue weighted by atomic mass is 10.1. The first kappa shape index (κ1) is 12.6. The van der Waals surface area contributed by atoms with Gasteiger partial charge in [0.25, 0.3) is 0 Å². The molecular formula is C12H17ClN6. The van der Waals surface area contributed by atoms with E-state index in [0.717, 1.165) is 36.2 Å². The van der Waals surface area contributed by atoms with Crippen molar-refractivity contribution in [3.63, 3.8) is 0 Å². The van der Waals surface area contributed by atoms with Gasteiger partial charge >= 0.3 is 0 Å². The largest absolute Gasteiger partial charge is 0.363 e. The van der Waals surface area contributed by atoms with Gasteiger partial charge in [0.2, 0.25) is 0 Å². The Balaban J connectivity index is 1.92. The number of nitrogens with one attached hydrogen (secondary N) is 1. The number of aromatic nitrogens is 4. The Labute approximate surface area is 116 Å². The first-order valence-corrected chi connectivity index (χ1v) is 6.82. The van der Waals surface area contributed by atoms with Crippen molar-refractivity contribution in [2.75, 3.05) is 25.5 Å². The molecule has 19 heavy (non-hydrogen) atoms. The number of anilines is 1. The maximum atomic E-state index is 6.05. The smallest absolute Gasteiger partial charge is 0.175 e. The molecule has 1 saturated heterocycles. The predicted molar refractivity (Wildman–Crippen MR) is 75.5 cm³/mol. The second kappa shape index (κ2) is 4.94. The molecule has 102 valence electrons. The van der Waals surface area contributed by atoms with Gasteiger partial charge in [-0.2, -0.15) is 5.10 Å². The summed E-state index contributed by atoms with van der Waals surface area (Å²) in [6.07, 6.45) is 4.07. The SMILES string of the molecule is CN1CCC[C@@H](Nc2nnc(Cl)c3cnn(C)c23)C1. The Kier molecular flexibility index (Phi) is 3.28. The molecule has 1 atom stereocenters. The van der Waals surface area contributed by atoms with Gasteiger partial charge < -0.3 is 10.2 Å². The number of nitrogens with zero attached hydrogens (tertiary/aromatic N) is 5. The van der Waals surface area contributed by atoms with E-state index in [4.69, 9.17) is 11.6 Å². The maximum Gasteiger partial charge on any atom is 0.175 e. The highest BCUT2D eigenvalue weighted by Crippen LogP contribution is 2.26. The Morgan fingerprint density at radius 3 is 3.00 bits per heavy atom. The number of aryl methyl sites for hydroxylation is 1. The highest BCUT2D eigenvalue weighted by atomic mass is 35.5. The summed E-state index contributed by atoms with van der Waals surface area (Å²) in [7, 11) is 4.03. The Hall–Kier alpha value is -1.40. The molecule has 1 N–H and O–H groups in total. The molecule has 0 spiro atoms. The van der Waals surface area contributed by atoms with Crippen LogP contribution in [0, 0.1) is 0 Å². The van der Waals surface area contributed by atoms with Crippen LogP contribution in [0.25, 0.3) is 10.9 Å². The molecule has 6 nitrogen and oxygen atoms in total. The van der Waals surface area contributed by atoms with Gasteiger partial charge in [-0.1, -0.05) is 11.6 Å². The fourth-order valence-corrected chi connectivity index (χ4v) is 2.82. The van der Waals surface area contributed by atoms with E-state index in [0.29, 0.717) is 11.2 Å². The number of piperidine rings is 1. The standard InChI is InChI=1S/C12H17ClN6/c1-18-5-3-4-8(7-18)15-12-10-9(6-14-19(10)2)11(13)16-17-12/h6,8H,3-5,7H2,1-2H3,(H,15,17)/t8-/m1/s1.